The van der Waals surface area contributed by atoms with E-state index < -0.39 is 17.0 Å². The van der Waals surface area contributed by atoms with Gasteiger partial charge < -0.3 is 10.6 Å². The van der Waals surface area contributed by atoms with Gasteiger partial charge >= 0.3 is 35.6 Å². The molecule has 0 unspecified atom stereocenters. The fourth-order valence-corrected chi connectivity index (χ4v) is 2.25. The van der Waals surface area contributed by atoms with Crippen LogP contribution in [0.1, 0.15) is 28.7 Å². The number of nitrogens with zero attached hydrogens (tertiary/aromatic N) is 2. The Morgan fingerprint density at radius 3 is 1.50 bits per heavy atom. The number of aryl methyl sites for hydroxylation is 4. The maximum absolute atomic E-state index is 4.89. The van der Waals surface area contributed by atoms with E-state index in [1.807, 2.05) is 0 Å². The predicted molar refractivity (Wildman–Crippen MR) is 104 cm³/mol. The fraction of sp³-hybridized carbons (Fsp3) is 0.368. The third kappa shape index (κ3) is 7.94. The maximum atomic E-state index is 4.89. The fourth-order valence-electron chi connectivity index (χ4n) is 2.25. The summed E-state index contributed by atoms with van der Waals surface area (Å²) in [5, 5.41) is 9.36. The molecular formula is C19H24Cl2N2Ti-2. The molecule has 24 heavy (non-hydrogen) atoms. The normalized spacial score (nSPS) is 9.75. The van der Waals surface area contributed by atoms with Crippen molar-refractivity contribution in [1.82, 2.24) is 0 Å². The van der Waals surface area contributed by atoms with Crippen molar-refractivity contribution in [3.05, 3.63) is 69.3 Å². The molecule has 0 N–H and O–H groups in total. The summed E-state index contributed by atoms with van der Waals surface area (Å²) < 4.78 is 0. The first-order valence-corrected chi connectivity index (χ1v) is 12.2. The number of hydrogen-bond acceptors (Lipinski definition) is 0. The first kappa shape index (κ1) is 21.4. The Bertz CT molecular complexity index is 579. The second kappa shape index (κ2) is 11.8. The van der Waals surface area contributed by atoms with Gasteiger partial charge in [0.05, 0.1) is 0 Å². The molecule has 0 amide bonds. The Kier molecular flexibility index (Phi) is 10.5. The summed E-state index contributed by atoms with van der Waals surface area (Å²) in [7, 11) is 9.78. The van der Waals surface area contributed by atoms with Crippen LogP contribution in [0, 0.1) is 27.7 Å². The van der Waals surface area contributed by atoms with Crippen LogP contribution in [0.2, 0.25) is 0 Å². The standard InChI is InChI=1S/C19H24N2.2ClH.Ti/c1-14-6-8-16(3)18(12-14)20-10-5-11-21-19-13-15(2)7-9-17(19)4;;;/h6-9,12-13H,5,10-11H2,1-4H3;2*1H;/q-2;;;+2/p-2. The van der Waals surface area contributed by atoms with E-state index in [1.54, 1.807) is 0 Å². The van der Waals surface area contributed by atoms with Gasteiger partial charge in [0.25, 0.3) is 0 Å². The van der Waals surface area contributed by atoms with Gasteiger partial charge in [0.1, 0.15) is 0 Å². The molecule has 0 saturated carbocycles. The van der Waals surface area contributed by atoms with Crippen LogP contribution in [0.15, 0.2) is 36.4 Å². The molecule has 0 spiro atoms. The molecule has 0 radical (unpaired) electrons. The molecule has 2 rings (SSSR count). The van der Waals surface area contributed by atoms with E-state index in [-0.39, 0.29) is 0 Å². The molecule has 0 fully saturated rings. The van der Waals surface area contributed by atoms with Gasteiger partial charge in [0, 0.05) is 0 Å². The summed E-state index contributed by atoms with van der Waals surface area (Å²) in [6, 6.07) is 12.8. The van der Waals surface area contributed by atoms with Crippen LogP contribution >= 0.6 is 18.6 Å². The van der Waals surface area contributed by atoms with Gasteiger partial charge in [-0.05, 0) is 27.7 Å². The Hall–Kier alpha value is -0.666. The molecule has 0 aliphatic carbocycles. The number of benzene rings is 2. The van der Waals surface area contributed by atoms with Crippen molar-refractivity contribution in [2.24, 2.45) is 0 Å². The first-order chi connectivity index (χ1) is 11.5. The van der Waals surface area contributed by atoms with Crippen LogP contribution in [0.3, 0.4) is 0 Å². The van der Waals surface area contributed by atoms with Crippen molar-refractivity contribution in [2.45, 2.75) is 34.1 Å². The molecule has 130 valence electrons. The molecule has 5 heteroatoms. The van der Waals surface area contributed by atoms with Crippen LogP contribution < -0.4 is 0 Å². The van der Waals surface area contributed by atoms with Crippen LogP contribution in [0.25, 0.3) is 10.6 Å². The summed E-state index contributed by atoms with van der Waals surface area (Å²) in [6.07, 6.45) is 0.987. The molecule has 0 saturated heterocycles. The topological polar surface area (TPSA) is 28.2 Å². The molecule has 2 aromatic rings. The van der Waals surface area contributed by atoms with Gasteiger partial charge in [0.2, 0.25) is 0 Å². The van der Waals surface area contributed by atoms with Gasteiger partial charge in [-0.3, -0.25) is 0 Å². The molecule has 0 aliphatic rings. The van der Waals surface area contributed by atoms with E-state index in [4.69, 9.17) is 18.6 Å². The number of rotatable bonds is 6. The molecule has 0 aliphatic heterocycles. The van der Waals surface area contributed by atoms with E-state index in [1.165, 1.54) is 22.3 Å². The average molecular weight is 399 g/mol. The molecular weight excluding hydrogens is 375 g/mol. The van der Waals surface area contributed by atoms with Gasteiger partial charge in [-0.25, -0.2) is 0 Å². The molecule has 0 aromatic heterocycles. The SMILES string of the molecule is Cc1ccc(C)c([N-]CCC[N-]c2cc(C)ccc2C)c1.[Cl][Ti][Cl]. The molecule has 0 heterocycles. The molecule has 2 nitrogen and oxygen atoms in total. The van der Waals surface area contributed by atoms with Crippen molar-refractivity contribution < 1.29 is 17.0 Å². The quantitative estimate of drug-likeness (QED) is 0.358. The van der Waals surface area contributed by atoms with Crippen LogP contribution in [-0.2, 0) is 17.0 Å². The van der Waals surface area contributed by atoms with Crippen molar-refractivity contribution in [3.8, 4) is 0 Å². The Morgan fingerprint density at radius 1 is 0.750 bits per heavy atom. The van der Waals surface area contributed by atoms with Gasteiger partial charge in [-0.2, -0.15) is 0 Å². The summed E-state index contributed by atoms with van der Waals surface area (Å²) >= 11 is -0.556. The van der Waals surface area contributed by atoms with Gasteiger partial charge in [0.15, 0.2) is 0 Å². The Morgan fingerprint density at radius 2 is 1.12 bits per heavy atom. The third-order valence-electron chi connectivity index (χ3n) is 3.61. The monoisotopic (exact) mass is 398 g/mol. The minimum absolute atomic E-state index is 0.556. The number of hydrogen-bond donors (Lipinski definition) is 0. The summed E-state index contributed by atoms with van der Waals surface area (Å²) in [5.41, 5.74) is 7.24. The van der Waals surface area contributed by atoms with Crippen molar-refractivity contribution in [2.75, 3.05) is 13.1 Å². The first-order valence-electron chi connectivity index (χ1n) is 7.93. The number of halogens is 2. The van der Waals surface area contributed by atoms with Crippen molar-refractivity contribution in [3.63, 3.8) is 0 Å². The Labute approximate surface area is 163 Å². The van der Waals surface area contributed by atoms with Crippen LogP contribution in [-0.4, -0.2) is 13.1 Å². The molecule has 2 aromatic carbocycles. The second-order valence-electron chi connectivity index (χ2n) is 5.77. The van der Waals surface area contributed by atoms with E-state index in [0.29, 0.717) is 0 Å². The van der Waals surface area contributed by atoms with Crippen LogP contribution in [0.4, 0.5) is 11.4 Å². The average Bonchev–Trinajstić information content (AvgIpc) is 2.54. The van der Waals surface area contributed by atoms with E-state index in [9.17, 15) is 0 Å². The van der Waals surface area contributed by atoms with E-state index in [0.717, 1.165) is 30.9 Å². The zero-order valence-electron chi connectivity index (χ0n) is 14.7. The van der Waals surface area contributed by atoms with E-state index >= 15 is 0 Å². The third-order valence-corrected chi connectivity index (χ3v) is 3.61. The zero-order chi connectivity index (χ0) is 17.9. The molecule has 0 bridgehead atoms. The zero-order valence-corrected chi connectivity index (χ0v) is 17.8. The second-order valence-corrected chi connectivity index (χ2v) is 8.35. The minimum atomic E-state index is -0.556. The van der Waals surface area contributed by atoms with Crippen molar-refractivity contribution in [1.29, 1.82) is 0 Å². The van der Waals surface area contributed by atoms with Gasteiger partial charge in [-0.15, -0.1) is 24.5 Å². The van der Waals surface area contributed by atoms with Gasteiger partial charge in [-0.1, -0.05) is 65.1 Å². The summed E-state index contributed by atoms with van der Waals surface area (Å²) in [4.78, 5) is 0. The molecule has 0 atom stereocenters. The van der Waals surface area contributed by atoms with E-state index in [2.05, 4.69) is 74.7 Å². The summed E-state index contributed by atoms with van der Waals surface area (Å²) in [5.74, 6) is 0. The summed E-state index contributed by atoms with van der Waals surface area (Å²) in [6.45, 7) is 10.1. The van der Waals surface area contributed by atoms with Crippen LogP contribution in [0.5, 0.6) is 0 Å². The van der Waals surface area contributed by atoms with Crippen molar-refractivity contribution >= 4 is 30.0 Å². The Balaban J connectivity index is 0.000000891. The predicted octanol–water partition coefficient (Wildman–Crippen LogP) is 7.40.